The summed E-state index contributed by atoms with van der Waals surface area (Å²) in [7, 11) is -3.63. The fraction of sp³-hybridized carbons (Fsp3) is 0.500. The first-order chi connectivity index (χ1) is 9.89. The predicted molar refractivity (Wildman–Crippen MR) is 81.3 cm³/mol. The Morgan fingerprint density at radius 3 is 2.38 bits per heavy atom. The summed E-state index contributed by atoms with van der Waals surface area (Å²) in [5, 5.41) is 10.1. The number of carboxylic acid groups (broad SMARTS) is 1. The number of rotatable bonds is 8. The van der Waals surface area contributed by atoms with Gasteiger partial charge in [-0.15, -0.1) is 4.83 Å². The van der Waals surface area contributed by atoms with Gasteiger partial charge in [0, 0.05) is 0 Å². The van der Waals surface area contributed by atoms with E-state index in [0.717, 1.165) is 10.6 Å². The molecule has 0 aromatic heterocycles. The molecule has 0 aliphatic heterocycles. The number of hydrogen-bond donors (Lipinski definition) is 2. The standard InChI is InChI=1S/C14H22N2O4S/c1-3-10-21(19,20)15-16(14(17)18)13(4-2)11-12-8-6-5-7-9-12/h5-9,13,15H,3-4,10-11H2,1-2H3,(H,17,18)/t13-/m0/s1. The molecule has 6 nitrogen and oxygen atoms in total. The molecule has 0 radical (unpaired) electrons. The van der Waals surface area contributed by atoms with Crippen LogP contribution in [0.25, 0.3) is 0 Å². The zero-order valence-corrected chi connectivity index (χ0v) is 13.1. The Hall–Kier alpha value is -1.60. The number of hydrazine groups is 1. The molecule has 0 saturated carbocycles. The maximum atomic E-state index is 11.8. The van der Waals surface area contributed by atoms with Crippen LogP contribution < -0.4 is 4.83 Å². The van der Waals surface area contributed by atoms with Crippen molar-refractivity contribution in [3.8, 4) is 0 Å². The summed E-state index contributed by atoms with van der Waals surface area (Å²) in [6.45, 7) is 3.56. The summed E-state index contributed by atoms with van der Waals surface area (Å²) in [5.41, 5.74) is 0.963. The largest absolute Gasteiger partial charge is 0.464 e. The van der Waals surface area contributed by atoms with Crippen LogP contribution in [0.15, 0.2) is 30.3 Å². The van der Waals surface area contributed by atoms with Gasteiger partial charge >= 0.3 is 6.09 Å². The Balaban J connectivity index is 2.88. The van der Waals surface area contributed by atoms with Crippen LogP contribution in [0, 0.1) is 0 Å². The van der Waals surface area contributed by atoms with Crippen molar-refractivity contribution < 1.29 is 18.3 Å². The average molecular weight is 314 g/mol. The Kier molecular flexibility index (Phi) is 6.64. The summed E-state index contributed by atoms with van der Waals surface area (Å²) in [6, 6.07) is 8.95. The summed E-state index contributed by atoms with van der Waals surface area (Å²) in [6.07, 6.45) is 0.101. The van der Waals surface area contributed by atoms with Gasteiger partial charge in [0.05, 0.1) is 11.8 Å². The molecule has 0 aliphatic carbocycles. The van der Waals surface area contributed by atoms with E-state index in [1.165, 1.54) is 0 Å². The lowest BCUT2D eigenvalue weighted by molar-refractivity contribution is 0.110. The first kappa shape index (κ1) is 17.5. The molecule has 0 bridgehead atoms. The second kappa shape index (κ2) is 7.99. The summed E-state index contributed by atoms with van der Waals surface area (Å²) in [4.78, 5) is 13.5. The molecule has 118 valence electrons. The third-order valence-electron chi connectivity index (χ3n) is 3.07. The zero-order valence-electron chi connectivity index (χ0n) is 12.3. The third kappa shape index (κ3) is 5.73. The number of nitrogens with zero attached hydrogens (tertiary/aromatic N) is 1. The first-order valence-corrected chi connectivity index (χ1v) is 8.61. The fourth-order valence-corrected chi connectivity index (χ4v) is 3.19. The van der Waals surface area contributed by atoms with Gasteiger partial charge in [-0.3, -0.25) is 0 Å². The lowest BCUT2D eigenvalue weighted by Gasteiger charge is -2.28. The van der Waals surface area contributed by atoms with Crippen LogP contribution in [0.3, 0.4) is 0 Å². The molecule has 0 fully saturated rings. The van der Waals surface area contributed by atoms with Crippen molar-refractivity contribution in [2.45, 2.75) is 39.2 Å². The summed E-state index contributed by atoms with van der Waals surface area (Å²) < 4.78 is 23.6. The zero-order chi connectivity index (χ0) is 15.9. The molecule has 0 unspecified atom stereocenters. The highest BCUT2D eigenvalue weighted by molar-refractivity contribution is 7.89. The maximum Gasteiger partial charge on any atom is 0.422 e. The Morgan fingerprint density at radius 1 is 1.29 bits per heavy atom. The van der Waals surface area contributed by atoms with E-state index in [0.29, 0.717) is 19.3 Å². The minimum absolute atomic E-state index is 0.0987. The highest BCUT2D eigenvalue weighted by Gasteiger charge is 2.26. The molecule has 1 aromatic rings. The van der Waals surface area contributed by atoms with Crippen LogP contribution in [-0.4, -0.2) is 36.4 Å². The molecular weight excluding hydrogens is 292 g/mol. The highest BCUT2D eigenvalue weighted by Crippen LogP contribution is 2.12. The predicted octanol–water partition coefficient (Wildman–Crippen LogP) is 2.23. The smallest absolute Gasteiger partial charge is 0.422 e. The van der Waals surface area contributed by atoms with Gasteiger partial charge in [0.25, 0.3) is 0 Å². The van der Waals surface area contributed by atoms with Crippen molar-refractivity contribution in [3.05, 3.63) is 35.9 Å². The molecule has 1 amide bonds. The second-order valence-corrected chi connectivity index (χ2v) is 6.63. The highest BCUT2D eigenvalue weighted by atomic mass is 32.2. The van der Waals surface area contributed by atoms with Crippen molar-refractivity contribution >= 4 is 16.1 Å². The van der Waals surface area contributed by atoms with Gasteiger partial charge in [-0.2, -0.15) is 0 Å². The molecule has 0 heterocycles. The first-order valence-electron chi connectivity index (χ1n) is 6.95. The van der Waals surface area contributed by atoms with Gasteiger partial charge in [-0.05, 0) is 24.8 Å². The minimum Gasteiger partial charge on any atom is -0.464 e. The Morgan fingerprint density at radius 2 is 1.90 bits per heavy atom. The quantitative estimate of drug-likeness (QED) is 0.720. The van der Waals surface area contributed by atoms with Gasteiger partial charge in [0.1, 0.15) is 0 Å². The van der Waals surface area contributed by atoms with E-state index in [1.54, 1.807) is 6.92 Å². The van der Waals surface area contributed by atoms with Crippen LogP contribution in [0.4, 0.5) is 4.79 Å². The van der Waals surface area contributed by atoms with Gasteiger partial charge in [0.2, 0.25) is 10.0 Å². The molecule has 0 spiro atoms. The van der Waals surface area contributed by atoms with E-state index in [2.05, 4.69) is 4.83 Å². The third-order valence-corrected chi connectivity index (χ3v) is 4.49. The molecule has 7 heteroatoms. The summed E-state index contributed by atoms with van der Waals surface area (Å²) >= 11 is 0. The van der Waals surface area contributed by atoms with Crippen LogP contribution >= 0.6 is 0 Å². The van der Waals surface area contributed by atoms with Crippen molar-refractivity contribution in [2.24, 2.45) is 0 Å². The number of nitrogens with one attached hydrogen (secondary N) is 1. The molecule has 2 N–H and O–H groups in total. The number of benzene rings is 1. The molecule has 0 aliphatic rings. The van der Waals surface area contributed by atoms with E-state index >= 15 is 0 Å². The van der Waals surface area contributed by atoms with Crippen LogP contribution in [0.1, 0.15) is 32.3 Å². The van der Waals surface area contributed by atoms with Crippen molar-refractivity contribution in [3.63, 3.8) is 0 Å². The fourth-order valence-electron chi connectivity index (χ4n) is 2.04. The van der Waals surface area contributed by atoms with E-state index in [-0.39, 0.29) is 5.75 Å². The molecule has 21 heavy (non-hydrogen) atoms. The Bertz CT molecular complexity index is 545. The topological polar surface area (TPSA) is 86.7 Å². The summed E-state index contributed by atoms with van der Waals surface area (Å²) in [5.74, 6) is -0.0987. The molecular formula is C14H22N2O4S. The van der Waals surface area contributed by atoms with E-state index in [9.17, 15) is 18.3 Å². The monoisotopic (exact) mass is 314 g/mol. The molecule has 1 rings (SSSR count). The van der Waals surface area contributed by atoms with Gasteiger partial charge < -0.3 is 5.11 Å². The van der Waals surface area contributed by atoms with E-state index < -0.39 is 22.2 Å². The normalized spacial score (nSPS) is 12.9. The maximum absolute atomic E-state index is 11.8. The number of amides is 1. The molecule has 1 atom stereocenters. The van der Waals surface area contributed by atoms with Crippen molar-refractivity contribution in [2.75, 3.05) is 5.75 Å². The van der Waals surface area contributed by atoms with Gasteiger partial charge in [0.15, 0.2) is 0 Å². The van der Waals surface area contributed by atoms with Crippen LogP contribution in [0.2, 0.25) is 0 Å². The number of hydrogen-bond acceptors (Lipinski definition) is 3. The lowest BCUT2D eigenvalue weighted by atomic mass is 10.0. The second-order valence-electron chi connectivity index (χ2n) is 4.81. The number of carbonyl (C=O) groups is 1. The van der Waals surface area contributed by atoms with Crippen LogP contribution in [-0.2, 0) is 16.4 Å². The molecule has 0 saturated heterocycles. The number of sulfonamides is 1. The van der Waals surface area contributed by atoms with Crippen LogP contribution in [0.5, 0.6) is 0 Å². The van der Waals surface area contributed by atoms with Crippen molar-refractivity contribution in [1.82, 2.24) is 9.84 Å². The van der Waals surface area contributed by atoms with Crippen molar-refractivity contribution in [1.29, 1.82) is 0 Å². The SMILES string of the molecule is CCCS(=O)(=O)NN(C(=O)O)[C@@H](CC)Cc1ccccc1. The average Bonchev–Trinajstić information content (AvgIpc) is 2.43. The molecule has 1 aromatic carbocycles. The Labute approximate surface area is 125 Å². The lowest BCUT2D eigenvalue weighted by Crippen LogP contribution is -2.52. The van der Waals surface area contributed by atoms with Gasteiger partial charge in [-0.1, -0.05) is 44.2 Å². The van der Waals surface area contributed by atoms with E-state index in [4.69, 9.17) is 0 Å². The van der Waals surface area contributed by atoms with E-state index in [1.807, 2.05) is 37.3 Å². The van der Waals surface area contributed by atoms with Gasteiger partial charge in [-0.25, -0.2) is 18.2 Å². The minimum atomic E-state index is -3.63.